The molecule has 0 saturated carbocycles. The monoisotopic (exact) mass is 330 g/mol. The van der Waals surface area contributed by atoms with Crippen LogP contribution < -0.4 is 0 Å². The largest absolute Gasteiger partial charge is 0.466 e. The van der Waals surface area contributed by atoms with Crippen molar-refractivity contribution >= 4 is 40.5 Å². The number of halogens is 2. The number of nitrogens with zero attached hydrogens (tertiary/aromatic N) is 2. The highest BCUT2D eigenvalue weighted by Gasteiger charge is 2.12. The maximum absolute atomic E-state index is 11.3. The van der Waals surface area contributed by atoms with Crippen molar-refractivity contribution < 1.29 is 9.53 Å². The van der Waals surface area contributed by atoms with Crippen LogP contribution in [0.3, 0.4) is 0 Å². The molecule has 0 aliphatic heterocycles. The average molecular weight is 331 g/mol. The van der Waals surface area contributed by atoms with Gasteiger partial charge in [-0.15, -0.1) is 11.3 Å². The SMILES string of the molecule is CCOC(=O)CCc1csc(-c2ncc(Cl)cc2Cl)n1. The van der Waals surface area contributed by atoms with E-state index < -0.39 is 0 Å². The van der Waals surface area contributed by atoms with E-state index in [9.17, 15) is 4.79 Å². The quantitative estimate of drug-likeness (QED) is 0.777. The Labute approximate surface area is 130 Å². The molecule has 0 bridgehead atoms. The van der Waals surface area contributed by atoms with E-state index in [1.807, 2.05) is 5.38 Å². The van der Waals surface area contributed by atoms with Crippen molar-refractivity contribution in [2.75, 3.05) is 6.61 Å². The predicted octanol–water partition coefficient (Wildman–Crippen LogP) is 4.01. The fraction of sp³-hybridized carbons (Fsp3) is 0.308. The van der Waals surface area contributed by atoms with Gasteiger partial charge in [-0.25, -0.2) is 4.98 Å². The van der Waals surface area contributed by atoms with E-state index in [0.29, 0.717) is 40.2 Å². The molecule has 106 valence electrons. The molecule has 2 aromatic heterocycles. The summed E-state index contributed by atoms with van der Waals surface area (Å²) in [7, 11) is 0. The van der Waals surface area contributed by atoms with Gasteiger partial charge in [0.1, 0.15) is 10.7 Å². The summed E-state index contributed by atoms with van der Waals surface area (Å²) >= 11 is 13.3. The summed E-state index contributed by atoms with van der Waals surface area (Å²) in [4.78, 5) is 19.9. The maximum atomic E-state index is 11.3. The van der Waals surface area contributed by atoms with Crippen LogP contribution in [0.4, 0.5) is 0 Å². The average Bonchev–Trinajstić information content (AvgIpc) is 2.85. The van der Waals surface area contributed by atoms with E-state index in [-0.39, 0.29) is 5.97 Å². The smallest absolute Gasteiger partial charge is 0.306 e. The molecule has 0 spiro atoms. The number of ether oxygens (including phenoxy) is 1. The summed E-state index contributed by atoms with van der Waals surface area (Å²) in [6.45, 7) is 2.18. The molecule has 2 rings (SSSR count). The van der Waals surface area contributed by atoms with Gasteiger partial charge in [-0.1, -0.05) is 23.2 Å². The number of pyridine rings is 1. The fourth-order valence-corrected chi connectivity index (χ4v) is 2.95. The van der Waals surface area contributed by atoms with Crippen molar-refractivity contribution in [2.24, 2.45) is 0 Å². The number of hydrogen-bond acceptors (Lipinski definition) is 5. The van der Waals surface area contributed by atoms with Crippen LogP contribution in [0.2, 0.25) is 10.0 Å². The van der Waals surface area contributed by atoms with E-state index >= 15 is 0 Å². The van der Waals surface area contributed by atoms with Crippen LogP contribution in [-0.2, 0) is 16.0 Å². The van der Waals surface area contributed by atoms with Gasteiger partial charge >= 0.3 is 5.97 Å². The number of aromatic nitrogens is 2. The van der Waals surface area contributed by atoms with Crippen LogP contribution in [0, 0.1) is 0 Å². The molecule has 0 saturated heterocycles. The Kier molecular flexibility index (Phi) is 5.34. The number of carbonyl (C=O) groups is 1. The van der Waals surface area contributed by atoms with Gasteiger partial charge < -0.3 is 4.74 Å². The minimum absolute atomic E-state index is 0.218. The molecular weight excluding hydrogens is 319 g/mol. The van der Waals surface area contributed by atoms with Crippen molar-refractivity contribution in [1.29, 1.82) is 0 Å². The van der Waals surface area contributed by atoms with Crippen LogP contribution >= 0.6 is 34.5 Å². The van der Waals surface area contributed by atoms with E-state index in [2.05, 4.69) is 9.97 Å². The van der Waals surface area contributed by atoms with Crippen molar-refractivity contribution in [3.8, 4) is 10.7 Å². The Morgan fingerprint density at radius 3 is 2.95 bits per heavy atom. The second kappa shape index (κ2) is 7.02. The number of rotatable bonds is 5. The molecule has 0 aromatic carbocycles. The molecule has 0 fully saturated rings. The highest BCUT2D eigenvalue weighted by molar-refractivity contribution is 7.13. The Hall–Kier alpha value is -1.17. The molecule has 4 nitrogen and oxygen atoms in total. The minimum Gasteiger partial charge on any atom is -0.466 e. The predicted molar refractivity (Wildman–Crippen MR) is 80.3 cm³/mol. The van der Waals surface area contributed by atoms with E-state index in [4.69, 9.17) is 27.9 Å². The zero-order valence-electron chi connectivity index (χ0n) is 10.7. The molecule has 0 radical (unpaired) electrons. The zero-order valence-corrected chi connectivity index (χ0v) is 13.1. The molecule has 0 N–H and O–H groups in total. The molecule has 0 aliphatic rings. The standard InChI is InChI=1S/C13H12Cl2N2O2S/c1-2-19-11(18)4-3-9-7-20-13(17-9)12-10(15)5-8(14)6-16-12/h5-7H,2-4H2,1H3. The first kappa shape index (κ1) is 15.2. The lowest BCUT2D eigenvalue weighted by molar-refractivity contribution is -0.143. The molecule has 7 heteroatoms. The lowest BCUT2D eigenvalue weighted by Gasteiger charge is -2.00. The van der Waals surface area contributed by atoms with Gasteiger partial charge in [0.2, 0.25) is 0 Å². The lowest BCUT2D eigenvalue weighted by Crippen LogP contribution is -2.05. The Bertz CT molecular complexity index is 616. The third-order valence-corrected chi connectivity index (χ3v) is 3.85. The third-order valence-electron chi connectivity index (χ3n) is 2.45. The summed E-state index contributed by atoms with van der Waals surface area (Å²) in [6, 6.07) is 1.63. The van der Waals surface area contributed by atoms with Crippen molar-refractivity contribution in [2.45, 2.75) is 19.8 Å². The zero-order chi connectivity index (χ0) is 14.5. The van der Waals surface area contributed by atoms with Crippen LogP contribution in [-0.4, -0.2) is 22.5 Å². The van der Waals surface area contributed by atoms with E-state index in [1.54, 1.807) is 13.0 Å². The molecular formula is C13H12Cl2N2O2S. The van der Waals surface area contributed by atoms with Crippen molar-refractivity contribution in [1.82, 2.24) is 9.97 Å². The van der Waals surface area contributed by atoms with Gasteiger partial charge in [-0.3, -0.25) is 9.78 Å². The molecule has 0 aliphatic carbocycles. The highest BCUT2D eigenvalue weighted by atomic mass is 35.5. The molecule has 20 heavy (non-hydrogen) atoms. The maximum Gasteiger partial charge on any atom is 0.306 e. The molecule has 0 amide bonds. The second-order valence-electron chi connectivity index (χ2n) is 3.93. The highest BCUT2D eigenvalue weighted by Crippen LogP contribution is 2.30. The molecule has 0 atom stereocenters. The van der Waals surface area contributed by atoms with Crippen LogP contribution in [0.15, 0.2) is 17.6 Å². The fourth-order valence-electron chi connectivity index (χ4n) is 1.57. The first-order valence-corrected chi connectivity index (χ1v) is 7.65. The lowest BCUT2D eigenvalue weighted by atomic mass is 10.2. The summed E-state index contributed by atoms with van der Waals surface area (Å²) in [5, 5.41) is 3.55. The van der Waals surface area contributed by atoms with Gasteiger partial charge in [-0.05, 0) is 13.0 Å². The summed E-state index contributed by atoms with van der Waals surface area (Å²) in [6.07, 6.45) is 2.39. The van der Waals surface area contributed by atoms with Gasteiger partial charge in [-0.2, -0.15) is 0 Å². The summed E-state index contributed by atoms with van der Waals surface area (Å²) in [5.41, 5.74) is 1.43. The topological polar surface area (TPSA) is 52.1 Å². The van der Waals surface area contributed by atoms with Crippen molar-refractivity contribution in [3.05, 3.63) is 33.4 Å². The summed E-state index contributed by atoms with van der Waals surface area (Å²) < 4.78 is 4.88. The number of hydrogen-bond donors (Lipinski definition) is 0. The third kappa shape index (κ3) is 3.91. The Morgan fingerprint density at radius 2 is 2.25 bits per heavy atom. The van der Waals surface area contributed by atoms with Crippen LogP contribution in [0.5, 0.6) is 0 Å². The van der Waals surface area contributed by atoms with Gasteiger partial charge in [0.05, 0.1) is 28.8 Å². The molecule has 2 heterocycles. The van der Waals surface area contributed by atoms with Crippen LogP contribution in [0.25, 0.3) is 10.7 Å². The van der Waals surface area contributed by atoms with Gasteiger partial charge in [0, 0.05) is 18.0 Å². The van der Waals surface area contributed by atoms with Gasteiger partial charge in [0.15, 0.2) is 0 Å². The number of esters is 1. The van der Waals surface area contributed by atoms with E-state index in [0.717, 1.165) is 5.69 Å². The molecule has 0 unspecified atom stereocenters. The summed E-state index contributed by atoms with van der Waals surface area (Å²) in [5.74, 6) is -0.218. The number of thiazole rings is 1. The number of carbonyl (C=O) groups excluding carboxylic acids is 1. The minimum atomic E-state index is -0.218. The number of aryl methyl sites for hydroxylation is 1. The second-order valence-corrected chi connectivity index (χ2v) is 5.63. The first-order chi connectivity index (χ1) is 9.60. The van der Waals surface area contributed by atoms with E-state index in [1.165, 1.54) is 17.5 Å². The first-order valence-electron chi connectivity index (χ1n) is 6.01. The van der Waals surface area contributed by atoms with Crippen molar-refractivity contribution in [3.63, 3.8) is 0 Å². The van der Waals surface area contributed by atoms with Crippen LogP contribution in [0.1, 0.15) is 19.0 Å². The normalized spacial score (nSPS) is 10.6. The Morgan fingerprint density at radius 1 is 1.45 bits per heavy atom. The molecule has 2 aromatic rings. The Balaban J connectivity index is 2.07. The van der Waals surface area contributed by atoms with Gasteiger partial charge in [0.25, 0.3) is 0 Å².